The highest BCUT2D eigenvalue weighted by Gasteiger charge is 2.08. The average Bonchev–Trinajstić information content (AvgIpc) is 2.71. The van der Waals surface area contributed by atoms with Gasteiger partial charge in [-0.3, -0.25) is 0 Å². The van der Waals surface area contributed by atoms with Crippen LogP contribution in [0.25, 0.3) is 0 Å². The van der Waals surface area contributed by atoms with Gasteiger partial charge >= 0.3 is 0 Å². The highest BCUT2D eigenvalue weighted by molar-refractivity contribution is 7.89. The van der Waals surface area contributed by atoms with E-state index in [2.05, 4.69) is 5.32 Å². The number of nitrogens with two attached hydrogens (primary N) is 1. The summed E-state index contributed by atoms with van der Waals surface area (Å²) in [6, 6.07) is 18.6. The molecule has 0 aromatic heterocycles. The number of rotatable bonds is 9. The van der Waals surface area contributed by atoms with Gasteiger partial charge in [-0.15, -0.1) is 0 Å². The predicted octanol–water partition coefficient (Wildman–Crippen LogP) is 4.04. The van der Waals surface area contributed by atoms with Crippen LogP contribution in [-0.2, 0) is 29.6 Å². The summed E-state index contributed by atoms with van der Waals surface area (Å²) in [7, 11) is -3.66. The van der Waals surface area contributed by atoms with Crippen molar-refractivity contribution in [3.8, 4) is 5.75 Å². The molecule has 0 amide bonds. The Bertz CT molecular complexity index is 1070. The molecule has 0 unspecified atom stereocenters. The molecule has 3 rings (SSSR count). The molecule has 30 heavy (non-hydrogen) atoms. The van der Waals surface area contributed by atoms with E-state index in [4.69, 9.17) is 21.5 Å². The zero-order valence-corrected chi connectivity index (χ0v) is 17.7. The first kappa shape index (κ1) is 22.2. The molecule has 0 heterocycles. The first-order valence-corrected chi connectivity index (χ1v) is 11.2. The number of nitrogens with one attached hydrogen (secondary N) is 1. The van der Waals surface area contributed by atoms with Gasteiger partial charge in [0.05, 0.1) is 9.92 Å². The minimum atomic E-state index is -3.66. The minimum Gasteiger partial charge on any atom is -0.489 e. The molecule has 0 aliphatic rings. The Labute approximate surface area is 180 Å². The van der Waals surface area contributed by atoms with Crippen molar-refractivity contribution < 1.29 is 17.5 Å². The van der Waals surface area contributed by atoms with E-state index < -0.39 is 10.0 Å². The second-order valence-electron chi connectivity index (χ2n) is 6.75. The lowest BCUT2D eigenvalue weighted by molar-refractivity contribution is 0.300. The Morgan fingerprint density at radius 2 is 1.63 bits per heavy atom. The fourth-order valence-corrected chi connectivity index (χ4v) is 3.57. The highest BCUT2D eigenvalue weighted by atomic mass is 35.5. The van der Waals surface area contributed by atoms with Gasteiger partial charge in [-0.2, -0.15) is 0 Å². The van der Waals surface area contributed by atoms with Crippen LogP contribution in [0.3, 0.4) is 0 Å². The van der Waals surface area contributed by atoms with Gasteiger partial charge in [0.1, 0.15) is 18.2 Å². The topological polar surface area (TPSA) is 81.4 Å². The molecule has 3 N–H and O–H groups in total. The third-order valence-electron chi connectivity index (χ3n) is 4.54. The van der Waals surface area contributed by atoms with E-state index in [1.807, 2.05) is 24.3 Å². The van der Waals surface area contributed by atoms with Gasteiger partial charge < -0.3 is 10.1 Å². The molecule has 0 aliphatic carbocycles. The normalized spacial score (nSPS) is 11.4. The lowest BCUT2D eigenvalue weighted by Crippen LogP contribution is -2.17. The maximum absolute atomic E-state index is 13.8. The van der Waals surface area contributed by atoms with Crippen LogP contribution in [0.4, 0.5) is 4.39 Å². The van der Waals surface area contributed by atoms with E-state index >= 15 is 0 Å². The quantitative estimate of drug-likeness (QED) is 0.484. The Hall–Kier alpha value is -2.45. The summed E-state index contributed by atoms with van der Waals surface area (Å²) < 4.78 is 41.9. The fourth-order valence-electron chi connectivity index (χ4n) is 2.84. The molecule has 3 aromatic carbocycles. The van der Waals surface area contributed by atoms with Crippen LogP contribution >= 0.6 is 11.6 Å². The van der Waals surface area contributed by atoms with Crippen LogP contribution in [0.2, 0.25) is 5.02 Å². The highest BCUT2D eigenvalue weighted by Crippen LogP contribution is 2.21. The zero-order chi connectivity index (χ0) is 21.6. The van der Waals surface area contributed by atoms with Crippen molar-refractivity contribution in [3.05, 3.63) is 94.3 Å². The largest absolute Gasteiger partial charge is 0.489 e. The molecule has 158 valence electrons. The van der Waals surface area contributed by atoms with Crippen LogP contribution < -0.4 is 15.2 Å². The molecule has 0 atom stereocenters. The van der Waals surface area contributed by atoms with Crippen molar-refractivity contribution in [2.24, 2.45) is 5.14 Å². The first-order valence-electron chi connectivity index (χ1n) is 9.30. The number of halogens is 2. The summed E-state index contributed by atoms with van der Waals surface area (Å²) in [6.45, 7) is 1.47. The molecule has 8 heteroatoms. The average molecular weight is 449 g/mol. The van der Waals surface area contributed by atoms with Crippen molar-refractivity contribution >= 4 is 21.6 Å². The SMILES string of the molecule is NS(=O)(=O)c1ccc(CCNCc2ccc(OCc3c(F)cccc3Cl)cc2)cc1. The molecule has 0 spiro atoms. The molecule has 0 bridgehead atoms. The monoisotopic (exact) mass is 448 g/mol. The summed E-state index contributed by atoms with van der Waals surface area (Å²) >= 11 is 6.00. The minimum absolute atomic E-state index is 0.0628. The van der Waals surface area contributed by atoms with E-state index in [0.29, 0.717) is 22.9 Å². The Balaban J connectivity index is 1.43. The molecule has 0 aliphatic heterocycles. The van der Waals surface area contributed by atoms with Gasteiger partial charge in [-0.1, -0.05) is 41.9 Å². The molecule has 0 saturated carbocycles. The Morgan fingerprint density at radius 3 is 2.27 bits per heavy atom. The van der Waals surface area contributed by atoms with Crippen molar-refractivity contribution in [1.82, 2.24) is 5.32 Å². The van der Waals surface area contributed by atoms with Gasteiger partial charge in [-0.25, -0.2) is 17.9 Å². The predicted molar refractivity (Wildman–Crippen MR) is 115 cm³/mol. The van der Waals surface area contributed by atoms with Crippen LogP contribution in [0, 0.1) is 5.82 Å². The Kier molecular flexibility index (Phi) is 7.44. The summed E-state index contributed by atoms with van der Waals surface area (Å²) in [4.78, 5) is 0.110. The fraction of sp³-hybridized carbons (Fsp3) is 0.182. The van der Waals surface area contributed by atoms with E-state index in [-0.39, 0.29) is 17.3 Å². The van der Waals surface area contributed by atoms with E-state index in [1.165, 1.54) is 18.2 Å². The second-order valence-corrected chi connectivity index (χ2v) is 8.72. The molecule has 0 fully saturated rings. The molecule has 5 nitrogen and oxygen atoms in total. The summed E-state index contributed by atoms with van der Waals surface area (Å²) in [5, 5.41) is 8.77. The number of hydrogen-bond acceptors (Lipinski definition) is 4. The number of primary sulfonamides is 1. The summed E-state index contributed by atoms with van der Waals surface area (Å²) in [6.07, 6.45) is 0.759. The molecule has 0 radical (unpaired) electrons. The lowest BCUT2D eigenvalue weighted by atomic mass is 10.1. The number of ether oxygens (including phenoxy) is 1. The molecular formula is C22H22ClFN2O3S. The van der Waals surface area contributed by atoms with E-state index in [9.17, 15) is 12.8 Å². The van der Waals surface area contributed by atoms with Crippen molar-refractivity contribution in [1.29, 1.82) is 0 Å². The van der Waals surface area contributed by atoms with Crippen LogP contribution in [0.15, 0.2) is 71.6 Å². The Morgan fingerprint density at radius 1 is 0.967 bits per heavy atom. The van der Waals surface area contributed by atoms with Crippen LogP contribution in [0.5, 0.6) is 5.75 Å². The van der Waals surface area contributed by atoms with E-state index in [1.54, 1.807) is 24.3 Å². The first-order chi connectivity index (χ1) is 14.3. The van der Waals surface area contributed by atoms with Gasteiger partial charge in [-0.05, 0) is 60.5 Å². The smallest absolute Gasteiger partial charge is 0.238 e. The van der Waals surface area contributed by atoms with Gasteiger partial charge in [0.25, 0.3) is 0 Å². The summed E-state index contributed by atoms with van der Waals surface area (Å²) in [5.41, 5.74) is 2.43. The standard InChI is InChI=1S/C22H22ClFN2O3S/c23-21-2-1-3-22(24)20(21)15-29-18-8-4-17(5-9-18)14-26-13-12-16-6-10-19(11-7-16)30(25,27)28/h1-11,26H,12-15H2,(H2,25,27,28). The second kappa shape index (κ2) is 10.0. The van der Waals surface area contributed by atoms with Gasteiger partial charge in [0.15, 0.2) is 0 Å². The maximum atomic E-state index is 13.8. The number of hydrogen-bond donors (Lipinski definition) is 2. The third-order valence-corrected chi connectivity index (χ3v) is 5.82. The van der Waals surface area contributed by atoms with Crippen molar-refractivity contribution in [2.75, 3.05) is 6.54 Å². The third kappa shape index (κ3) is 6.27. The number of benzene rings is 3. The maximum Gasteiger partial charge on any atom is 0.238 e. The molecule has 0 saturated heterocycles. The van der Waals surface area contributed by atoms with Crippen molar-refractivity contribution in [3.63, 3.8) is 0 Å². The number of sulfonamides is 1. The van der Waals surface area contributed by atoms with Crippen LogP contribution in [0.1, 0.15) is 16.7 Å². The van der Waals surface area contributed by atoms with Crippen molar-refractivity contribution in [2.45, 2.75) is 24.5 Å². The van der Waals surface area contributed by atoms with Gasteiger partial charge in [0.2, 0.25) is 10.0 Å². The lowest BCUT2D eigenvalue weighted by Gasteiger charge is -2.10. The van der Waals surface area contributed by atoms with Crippen LogP contribution in [-0.4, -0.2) is 15.0 Å². The molecular weight excluding hydrogens is 427 g/mol. The zero-order valence-electron chi connectivity index (χ0n) is 16.1. The summed E-state index contributed by atoms with van der Waals surface area (Å²) in [5.74, 6) is 0.246. The van der Waals surface area contributed by atoms with E-state index in [0.717, 1.165) is 24.1 Å². The molecule has 3 aromatic rings. The van der Waals surface area contributed by atoms with Gasteiger partial charge in [0, 0.05) is 12.1 Å².